The van der Waals surface area contributed by atoms with Crippen LogP contribution < -0.4 is 0 Å². The summed E-state index contributed by atoms with van der Waals surface area (Å²) in [6.07, 6.45) is 12.1. The van der Waals surface area contributed by atoms with Crippen molar-refractivity contribution in [2.45, 2.75) is 58.3 Å². The maximum Gasteiger partial charge on any atom is -0.00258 e. The van der Waals surface area contributed by atoms with Crippen molar-refractivity contribution in [1.29, 1.82) is 0 Å². The molecule has 1 aliphatic carbocycles. The molecule has 0 unspecified atom stereocenters. The highest BCUT2D eigenvalue weighted by Crippen LogP contribution is 2.33. The van der Waals surface area contributed by atoms with Crippen LogP contribution >= 0.6 is 0 Å². The van der Waals surface area contributed by atoms with Crippen LogP contribution in [-0.4, -0.2) is 0 Å². The molecule has 0 spiro atoms. The molecule has 0 bridgehead atoms. The predicted octanol–water partition coefficient (Wildman–Crippen LogP) is 8.07. The molecule has 0 radical (unpaired) electrons. The summed E-state index contributed by atoms with van der Waals surface area (Å²) >= 11 is 0. The summed E-state index contributed by atoms with van der Waals surface area (Å²) in [6.45, 7) is 6.06. The van der Waals surface area contributed by atoms with Crippen molar-refractivity contribution in [2.24, 2.45) is 11.8 Å². The van der Waals surface area contributed by atoms with Crippen LogP contribution in [0, 0.1) is 11.8 Å². The van der Waals surface area contributed by atoms with E-state index in [0.29, 0.717) is 0 Å². The largest absolute Gasteiger partial charge is 0.0985 e. The number of rotatable bonds is 8. The molecule has 3 aromatic carbocycles. The van der Waals surface area contributed by atoms with Crippen molar-refractivity contribution in [2.75, 3.05) is 0 Å². The molecule has 0 aromatic heterocycles. The van der Waals surface area contributed by atoms with Crippen LogP contribution in [0.3, 0.4) is 0 Å². The summed E-state index contributed by atoms with van der Waals surface area (Å²) in [5.41, 5.74) is 8.42. The van der Waals surface area contributed by atoms with Gasteiger partial charge in [0.1, 0.15) is 0 Å². The van der Waals surface area contributed by atoms with E-state index < -0.39 is 0 Å². The maximum absolute atomic E-state index is 3.83. The highest BCUT2D eigenvalue weighted by Gasteiger charge is 2.21. The third kappa shape index (κ3) is 6.20. The van der Waals surface area contributed by atoms with Gasteiger partial charge in [0.15, 0.2) is 0 Å². The van der Waals surface area contributed by atoms with E-state index in [9.17, 15) is 0 Å². The van der Waals surface area contributed by atoms with Crippen LogP contribution in [-0.2, 0) is 25.7 Å². The molecule has 1 saturated carbocycles. The van der Waals surface area contributed by atoms with E-state index in [1.807, 2.05) is 6.08 Å². The molecule has 160 valence electrons. The molecule has 4 rings (SSSR count). The van der Waals surface area contributed by atoms with E-state index in [1.165, 1.54) is 71.9 Å². The normalized spacial score (nSPS) is 18.6. The zero-order valence-electron chi connectivity index (χ0n) is 19.0. The van der Waals surface area contributed by atoms with Crippen LogP contribution in [0.15, 0.2) is 79.4 Å². The van der Waals surface area contributed by atoms with Crippen LogP contribution in [0.5, 0.6) is 0 Å². The maximum atomic E-state index is 3.83. The zero-order valence-corrected chi connectivity index (χ0v) is 19.0. The molecule has 0 nitrogen and oxygen atoms in total. The molecular weight excluding hydrogens is 372 g/mol. The van der Waals surface area contributed by atoms with Gasteiger partial charge in [-0.3, -0.25) is 0 Å². The fraction of sp³-hybridized carbons (Fsp3) is 0.355. The Kier molecular flexibility index (Phi) is 7.41. The van der Waals surface area contributed by atoms with Gasteiger partial charge in [-0.15, -0.1) is 0 Å². The monoisotopic (exact) mass is 408 g/mol. The number of hydrogen-bond donors (Lipinski definition) is 0. The van der Waals surface area contributed by atoms with Crippen molar-refractivity contribution in [3.8, 4) is 0 Å². The molecule has 0 aliphatic heterocycles. The first-order valence-electron chi connectivity index (χ1n) is 12.1. The third-order valence-corrected chi connectivity index (χ3v) is 7.09. The lowest BCUT2D eigenvalue weighted by Gasteiger charge is -2.28. The van der Waals surface area contributed by atoms with Crippen molar-refractivity contribution < 1.29 is 0 Å². The van der Waals surface area contributed by atoms with E-state index in [4.69, 9.17) is 0 Å². The lowest BCUT2D eigenvalue weighted by atomic mass is 9.77. The van der Waals surface area contributed by atoms with Crippen molar-refractivity contribution in [3.05, 3.63) is 113 Å². The molecule has 3 aromatic rings. The van der Waals surface area contributed by atoms with E-state index in [0.717, 1.165) is 24.7 Å². The minimum absolute atomic E-state index is 0.857. The van der Waals surface area contributed by atoms with Crippen molar-refractivity contribution in [3.63, 3.8) is 0 Å². The first-order valence-corrected chi connectivity index (χ1v) is 12.1. The molecule has 0 N–H and O–H groups in total. The van der Waals surface area contributed by atoms with Crippen LogP contribution in [0.1, 0.15) is 66.0 Å². The Morgan fingerprint density at radius 1 is 0.613 bits per heavy atom. The van der Waals surface area contributed by atoms with E-state index in [2.05, 4.69) is 86.3 Å². The smallest absolute Gasteiger partial charge is 0.00258 e. The average molecular weight is 409 g/mol. The molecule has 0 atom stereocenters. The van der Waals surface area contributed by atoms with Crippen LogP contribution in [0.25, 0.3) is 6.08 Å². The van der Waals surface area contributed by atoms with Gasteiger partial charge >= 0.3 is 0 Å². The highest BCUT2D eigenvalue weighted by molar-refractivity contribution is 5.47. The number of benzene rings is 3. The van der Waals surface area contributed by atoms with Gasteiger partial charge < -0.3 is 0 Å². The summed E-state index contributed by atoms with van der Waals surface area (Å²) < 4.78 is 0. The first kappa shape index (κ1) is 21.6. The summed E-state index contributed by atoms with van der Waals surface area (Å²) in [7, 11) is 0. The topological polar surface area (TPSA) is 0 Å². The molecule has 0 saturated heterocycles. The van der Waals surface area contributed by atoms with Gasteiger partial charge in [0.2, 0.25) is 0 Å². The zero-order chi connectivity index (χ0) is 21.5. The van der Waals surface area contributed by atoms with E-state index >= 15 is 0 Å². The second-order valence-corrected chi connectivity index (χ2v) is 9.40. The molecule has 0 amide bonds. The van der Waals surface area contributed by atoms with Gasteiger partial charge in [-0.05, 0) is 96.6 Å². The summed E-state index contributed by atoms with van der Waals surface area (Å²) in [5, 5.41) is 0. The van der Waals surface area contributed by atoms with Gasteiger partial charge in [0.25, 0.3) is 0 Å². The van der Waals surface area contributed by atoms with Crippen molar-refractivity contribution >= 4 is 6.08 Å². The van der Waals surface area contributed by atoms with E-state index in [-0.39, 0.29) is 0 Å². The lowest BCUT2D eigenvalue weighted by molar-refractivity contribution is 0.272. The number of hydrogen-bond acceptors (Lipinski definition) is 0. The Morgan fingerprint density at radius 2 is 1.00 bits per heavy atom. The minimum Gasteiger partial charge on any atom is -0.0985 e. The second-order valence-electron chi connectivity index (χ2n) is 9.40. The Balaban J connectivity index is 1.23. The molecule has 0 heterocycles. The van der Waals surface area contributed by atoms with Gasteiger partial charge in [0, 0.05) is 0 Å². The van der Waals surface area contributed by atoms with Gasteiger partial charge in [-0.1, -0.05) is 92.4 Å². The molecule has 1 fully saturated rings. The summed E-state index contributed by atoms with van der Waals surface area (Å²) in [5.74, 6) is 1.73. The Labute approximate surface area is 189 Å². The molecule has 31 heavy (non-hydrogen) atoms. The van der Waals surface area contributed by atoms with Crippen LogP contribution in [0.4, 0.5) is 0 Å². The predicted molar refractivity (Wildman–Crippen MR) is 134 cm³/mol. The lowest BCUT2D eigenvalue weighted by Crippen LogP contribution is -2.18. The van der Waals surface area contributed by atoms with Gasteiger partial charge in [-0.25, -0.2) is 0 Å². The van der Waals surface area contributed by atoms with Gasteiger partial charge in [-0.2, -0.15) is 0 Å². The Hall–Kier alpha value is -2.60. The quantitative estimate of drug-likeness (QED) is 0.353. The molecular formula is C31H36. The fourth-order valence-corrected chi connectivity index (χ4v) is 5.02. The standard InChI is InChI=1S/C31H36/c1-3-24-5-9-26(10-6-24)21-28-13-17-30(18-14-28)23-31-19-15-29(16-20-31)22-27-11-7-25(4-2)8-12-27/h3,5-14,17-18,29,31H,1,4,15-16,19-23H2,2H3. The second kappa shape index (κ2) is 10.6. The summed E-state index contributed by atoms with van der Waals surface area (Å²) in [6, 6.07) is 27.4. The van der Waals surface area contributed by atoms with E-state index in [1.54, 1.807) is 0 Å². The molecule has 0 heteroatoms. The molecule has 1 aliphatic rings. The average Bonchev–Trinajstić information content (AvgIpc) is 2.82. The summed E-state index contributed by atoms with van der Waals surface area (Å²) in [4.78, 5) is 0. The minimum atomic E-state index is 0.857. The SMILES string of the molecule is C=Cc1ccc(Cc2ccc(CC3CCC(Cc4ccc(CC)cc4)CC3)cc2)cc1. The first-order chi connectivity index (χ1) is 15.2. The highest BCUT2D eigenvalue weighted by atomic mass is 14.3. The number of aryl methyl sites for hydroxylation is 1. The fourth-order valence-electron chi connectivity index (χ4n) is 5.02. The third-order valence-electron chi connectivity index (χ3n) is 7.09. The van der Waals surface area contributed by atoms with Gasteiger partial charge in [0.05, 0.1) is 0 Å². The van der Waals surface area contributed by atoms with Crippen LogP contribution in [0.2, 0.25) is 0 Å². The Morgan fingerprint density at radius 3 is 1.42 bits per heavy atom. The van der Waals surface area contributed by atoms with Crippen molar-refractivity contribution in [1.82, 2.24) is 0 Å². The Bertz CT molecular complexity index is 936.